The molecule has 1 unspecified atom stereocenters. The number of hydrogen-bond acceptors (Lipinski definition) is 6. The van der Waals surface area contributed by atoms with Crippen molar-refractivity contribution < 1.29 is 28.6 Å². The summed E-state index contributed by atoms with van der Waals surface area (Å²) in [5.74, 6) is -0.910. The molecule has 6 nitrogen and oxygen atoms in total. The van der Waals surface area contributed by atoms with Crippen LogP contribution < -0.4 is 0 Å². The lowest BCUT2D eigenvalue weighted by Gasteiger charge is -2.18. The predicted octanol–water partition coefficient (Wildman–Crippen LogP) is 24.8. The van der Waals surface area contributed by atoms with Gasteiger partial charge < -0.3 is 14.2 Å². The molecule has 0 aromatic carbocycles. The Morgan fingerprint density at radius 3 is 0.744 bits per heavy atom. The van der Waals surface area contributed by atoms with Crippen LogP contribution in [0.3, 0.4) is 0 Å². The minimum Gasteiger partial charge on any atom is -0.462 e. The standard InChI is InChI=1S/C76H136O6/c1-4-7-10-13-16-19-22-25-28-30-32-34-35-36-37-38-39-40-41-43-44-46-48-51-54-57-60-63-66-69-75(78)81-72-73(71-80-74(77)68-65-62-59-56-53-50-27-24-21-18-15-12-9-6-3)82-76(79)70-67-64-61-58-55-52-49-47-45-42-33-31-29-26-23-20-17-14-11-8-5-2/h8,11,17,20,26,29,33,42,47,49,55,58,73H,4-7,9-10,12-16,18-19,21-25,27-28,30-32,34-41,43-46,48,50-54,56-57,59-72H2,1-3H3/b11-8-,20-17-,29-26-,42-33-,49-47-,58-55-. The molecule has 0 bridgehead atoms. The van der Waals surface area contributed by atoms with Gasteiger partial charge in [-0.2, -0.15) is 0 Å². The summed E-state index contributed by atoms with van der Waals surface area (Å²) < 4.78 is 17.0. The molecule has 0 saturated heterocycles. The van der Waals surface area contributed by atoms with E-state index in [1.165, 1.54) is 238 Å². The number of unbranched alkanes of at least 4 members (excludes halogenated alkanes) is 43. The van der Waals surface area contributed by atoms with Gasteiger partial charge in [-0.1, -0.05) is 357 Å². The van der Waals surface area contributed by atoms with Gasteiger partial charge in [0, 0.05) is 19.3 Å². The molecule has 0 spiro atoms. The molecule has 0 rings (SSSR count). The van der Waals surface area contributed by atoms with Crippen LogP contribution in [0.2, 0.25) is 0 Å². The van der Waals surface area contributed by atoms with Crippen LogP contribution in [0.1, 0.15) is 374 Å². The molecule has 0 aliphatic heterocycles. The maximum absolute atomic E-state index is 12.9. The fourth-order valence-electron chi connectivity index (χ4n) is 10.6. The van der Waals surface area contributed by atoms with Gasteiger partial charge in [-0.25, -0.2) is 0 Å². The van der Waals surface area contributed by atoms with Crippen LogP contribution >= 0.6 is 0 Å². The minimum atomic E-state index is -0.798. The van der Waals surface area contributed by atoms with E-state index in [2.05, 4.69) is 93.7 Å². The molecule has 0 fully saturated rings. The largest absolute Gasteiger partial charge is 0.462 e. The van der Waals surface area contributed by atoms with Crippen LogP contribution in [0, 0.1) is 0 Å². The molecule has 0 heterocycles. The van der Waals surface area contributed by atoms with Crippen LogP contribution in [0.25, 0.3) is 0 Å². The van der Waals surface area contributed by atoms with Crippen LogP contribution in [0.5, 0.6) is 0 Å². The Balaban J connectivity index is 4.27. The maximum atomic E-state index is 12.9. The van der Waals surface area contributed by atoms with E-state index in [-0.39, 0.29) is 37.5 Å². The third-order valence-corrected chi connectivity index (χ3v) is 16.0. The maximum Gasteiger partial charge on any atom is 0.306 e. The van der Waals surface area contributed by atoms with Gasteiger partial charge in [0.05, 0.1) is 0 Å². The molecule has 82 heavy (non-hydrogen) atoms. The SMILES string of the molecule is CC/C=C\C/C=C\C/C=C\C/C=C\C/C=C\C/C=C\CCCCC(=O)OC(COC(=O)CCCCCCCCCCCCCCCC)COC(=O)CCCCCCCCCCCCCCCCCCCCCCCCCCCCCCC. The smallest absolute Gasteiger partial charge is 0.306 e. The fraction of sp³-hybridized carbons (Fsp3) is 0.803. The number of carbonyl (C=O) groups excluding carboxylic acids is 3. The molecule has 0 radical (unpaired) electrons. The molecule has 6 heteroatoms. The van der Waals surface area contributed by atoms with E-state index in [1.807, 2.05) is 0 Å². The first-order valence-electron chi connectivity index (χ1n) is 35.9. The van der Waals surface area contributed by atoms with Gasteiger partial charge in [0.2, 0.25) is 0 Å². The molecular formula is C76H136O6. The number of hydrogen-bond donors (Lipinski definition) is 0. The van der Waals surface area contributed by atoms with Crippen LogP contribution in [0.4, 0.5) is 0 Å². The highest BCUT2D eigenvalue weighted by atomic mass is 16.6. The highest BCUT2D eigenvalue weighted by Gasteiger charge is 2.19. The van der Waals surface area contributed by atoms with Crippen molar-refractivity contribution in [3.63, 3.8) is 0 Å². The van der Waals surface area contributed by atoms with E-state index in [9.17, 15) is 14.4 Å². The Bertz CT molecular complexity index is 1500. The number of esters is 3. The minimum absolute atomic E-state index is 0.0885. The van der Waals surface area contributed by atoms with E-state index in [0.717, 1.165) is 89.9 Å². The summed E-state index contributed by atoms with van der Waals surface area (Å²) in [6, 6.07) is 0. The van der Waals surface area contributed by atoms with Gasteiger partial charge in [-0.15, -0.1) is 0 Å². The van der Waals surface area contributed by atoms with Gasteiger partial charge in [0.1, 0.15) is 13.2 Å². The van der Waals surface area contributed by atoms with Crippen molar-refractivity contribution >= 4 is 17.9 Å². The molecule has 0 saturated carbocycles. The zero-order valence-corrected chi connectivity index (χ0v) is 54.8. The van der Waals surface area contributed by atoms with Gasteiger partial charge in [0.25, 0.3) is 0 Å². The Morgan fingerprint density at radius 2 is 0.476 bits per heavy atom. The summed E-state index contributed by atoms with van der Waals surface area (Å²) >= 11 is 0. The van der Waals surface area contributed by atoms with Gasteiger partial charge in [-0.3, -0.25) is 14.4 Å². The van der Waals surface area contributed by atoms with Crippen molar-refractivity contribution in [2.24, 2.45) is 0 Å². The molecule has 0 aliphatic carbocycles. The second-order valence-corrected chi connectivity index (χ2v) is 24.1. The normalized spacial score (nSPS) is 12.5. The van der Waals surface area contributed by atoms with Gasteiger partial charge in [0.15, 0.2) is 6.10 Å². The molecule has 0 aliphatic rings. The highest BCUT2D eigenvalue weighted by Crippen LogP contribution is 2.18. The molecule has 0 aromatic heterocycles. The lowest BCUT2D eigenvalue weighted by molar-refractivity contribution is -0.167. The molecule has 0 aromatic rings. The third kappa shape index (κ3) is 67.6. The first-order valence-corrected chi connectivity index (χ1v) is 35.9. The molecule has 0 N–H and O–H groups in total. The van der Waals surface area contributed by atoms with Crippen LogP contribution in [0.15, 0.2) is 72.9 Å². The zero-order valence-electron chi connectivity index (χ0n) is 54.8. The van der Waals surface area contributed by atoms with E-state index in [0.29, 0.717) is 19.3 Å². The number of allylic oxidation sites excluding steroid dienone is 12. The quantitative estimate of drug-likeness (QED) is 0.0261. The predicted molar refractivity (Wildman–Crippen MR) is 358 cm³/mol. The van der Waals surface area contributed by atoms with Crippen LogP contribution in [-0.4, -0.2) is 37.2 Å². The second kappa shape index (κ2) is 70.3. The van der Waals surface area contributed by atoms with Gasteiger partial charge >= 0.3 is 17.9 Å². The fourth-order valence-corrected chi connectivity index (χ4v) is 10.6. The zero-order chi connectivity index (χ0) is 59.2. The van der Waals surface area contributed by atoms with Crippen molar-refractivity contribution in [2.75, 3.05) is 13.2 Å². The van der Waals surface area contributed by atoms with E-state index in [1.54, 1.807) is 0 Å². The lowest BCUT2D eigenvalue weighted by Crippen LogP contribution is -2.30. The summed E-state index contributed by atoms with van der Waals surface area (Å²) in [5.41, 5.74) is 0. The van der Waals surface area contributed by atoms with Crippen molar-refractivity contribution in [2.45, 2.75) is 380 Å². The second-order valence-electron chi connectivity index (χ2n) is 24.1. The average molecular weight is 1150 g/mol. The summed E-state index contributed by atoms with van der Waals surface area (Å²) in [5, 5.41) is 0. The summed E-state index contributed by atoms with van der Waals surface area (Å²) in [7, 11) is 0. The van der Waals surface area contributed by atoms with Crippen molar-refractivity contribution in [1.29, 1.82) is 0 Å². The average Bonchev–Trinajstić information content (AvgIpc) is 3.47. The Hall–Kier alpha value is -3.15. The Kier molecular flexibility index (Phi) is 67.6. The van der Waals surface area contributed by atoms with E-state index in [4.69, 9.17) is 14.2 Å². The molecule has 1 atom stereocenters. The number of ether oxygens (including phenoxy) is 3. The first kappa shape index (κ1) is 78.8. The lowest BCUT2D eigenvalue weighted by atomic mass is 10.0. The van der Waals surface area contributed by atoms with Crippen LogP contribution in [-0.2, 0) is 28.6 Å². The number of rotatable bonds is 66. The van der Waals surface area contributed by atoms with E-state index >= 15 is 0 Å². The van der Waals surface area contributed by atoms with Crippen molar-refractivity contribution in [3.8, 4) is 0 Å². The molecule has 0 amide bonds. The van der Waals surface area contributed by atoms with Crippen molar-refractivity contribution in [1.82, 2.24) is 0 Å². The monoisotopic (exact) mass is 1150 g/mol. The molecule has 476 valence electrons. The summed E-state index contributed by atoms with van der Waals surface area (Å²) in [6.07, 6.45) is 92.3. The van der Waals surface area contributed by atoms with E-state index < -0.39 is 6.10 Å². The topological polar surface area (TPSA) is 78.9 Å². The first-order chi connectivity index (χ1) is 40.5. The number of carbonyl (C=O) groups is 3. The summed E-state index contributed by atoms with van der Waals surface area (Å²) in [4.78, 5) is 38.4. The van der Waals surface area contributed by atoms with Crippen molar-refractivity contribution in [3.05, 3.63) is 72.9 Å². The highest BCUT2D eigenvalue weighted by molar-refractivity contribution is 5.71. The summed E-state index contributed by atoms with van der Waals surface area (Å²) in [6.45, 7) is 6.55. The molecular weight excluding hydrogens is 1010 g/mol. The Labute approximate surface area is 510 Å². The Morgan fingerprint density at radius 1 is 0.256 bits per heavy atom. The van der Waals surface area contributed by atoms with Gasteiger partial charge in [-0.05, 0) is 70.6 Å². The third-order valence-electron chi connectivity index (χ3n) is 16.0.